The van der Waals surface area contributed by atoms with Crippen LogP contribution < -0.4 is 0 Å². The summed E-state index contributed by atoms with van der Waals surface area (Å²) >= 11 is 0. The lowest BCUT2D eigenvalue weighted by Crippen LogP contribution is -2.28. The third kappa shape index (κ3) is 2.81. The van der Waals surface area contributed by atoms with Gasteiger partial charge in [0, 0.05) is 0 Å². The molecule has 2 rings (SSSR count). The maximum Gasteiger partial charge on any atom is 0.313 e. The van der Waals surface area contributed by atoms with Crippen molar-refractivity contribution in [3.8, 4) is 0 Å². The number of carboxylic acids is 1. The van der Waals surface area contributed by atoms with Crippen LogP contribution in [0, 0.1) is 5.92 Å². The topological polar surface area (TPSA) is 57.5 Å². The second-order valence-corrected chi connectivity index (χ2v) is 6.04. The van der Waals surface area contributed by atoms with Crippen LogP contribution in [0.15, 0.2) is 24.3 Å². The quantitative estimate of drug-likeness (QED) is 0.875. The van der Waals surface area contributed by atoms with Crippen molar-refractivity contribution in [3.05, 3.63) is 35.4 Å². The van der Waals surface area contributed by atoms with Gasteiger partial charge in [-0.2, -0.15) is 0 Å². The highest BCUT2D eigenvalue weighted by atomic mass is 16.4. The van der Waals surface area contributed by atoms with Gasteiger partial charge in [0.05, 0.1) is 11.5 Å². The highest BCUT2D eigenvalue weighted by Crippen LogP contribution is 2.36. The van der Waals surface area contributed by atoms with Crippen LogP contribution in [0.5, 0.6) is 0 Å². The molecule has 1 aliphatic carbocycles. The fourth-order valence-electron chi connectivity index (χ4n) is 2.77. The molecule has 1 atom stereocenters. The molecule has 1 aromatic rings. The summed E-state index contributed by atoms with van der Waals surface area (Å²) in [6.07, 6.45) is 4.16. The summed E-state index contributed by atoms with van der Waals surface area (Å²) in [4.78, 5) is 11.2. The molecule has 19 heavy (non-hydrogen) atoms. The maximum absolute atomic E-state index is 11.2. The predicted octanol–water partition coefficient (Wildman–Crippen LogP) is 3.27. The molecule has 1 unspecified atom stereocenters. The fraction of sp³-hybridized carbons (Fsp3) is 0.562. The van der Waals surface area contributed by atoms with Crippen LogP contribution in [0.1, 0.15) is 56.8 Å². The molecule has 1 aliphatic rings. The number of hydrogen-bond donors (Lipinski definition) is 2. The maximum atomic E-state index is 11.2. The smallest absolute Gasteiger partial charge is 0.313 e. The van der Waals surface area contributed by atoms with Gasteiger partial charge in [-0.15, -0.1) is 0 Å². The lowest BCUT2D eigenvalue weighted by atomic mass is 9.83. The molecule has 0 aromatic heterocycles. The molecule has 0 bridgehead atoms. The third-order valence-electron chi connectivity index (χ3n) is 4.35. The van der Waals surface area contributed by atoms with Crippen LogP contribution in [0.25, 0.3) is 0 Å². The summed E-state index contributed by atoms with van der Waals surface area (Å²) in [6, 6.07) is 7.37. The van der Waals surface area contributed by atoms with E-state index in [4.69, 9.17) is 0 Å². The summed E-state index contributed by atoms with van der Waals surface area (Å²) in [5.41, 5.74) is 0.774. The Morgan fingerprint density at radius 2 is 1.74 bits per heavy atom. The summed E-state index contributed by atoms with van der Waals surface area (Å²) in [5, 5.41) is 19.5. The Kier molecular flexibility index (Phi) is 3.95. The molecular weight excluding hydrogens is 240 g/mol. The van der Waals surface area contributed by atoms with Gasteiger partial charge in [0.2, 0.25) is 0 Å². The summed E-state index contributed by atoms with van der Waals surface area (Å²) in [5.74, 6) is -0.477. The normalized spacial score (nSPS) is 18.5. The Hall–Kier alpha value is -1.35. The van der Waals surface area contributed by atoms with Crippen LogP contribution in [-0.4, -0.2) is 16.2 Å². The molecule has 1 fully saturated rings. The average Bonchev–Trinajstić information content (AvgIpc) is 2.91. The van der Waals surface area contributed by atoms with Crippen LogP contribution >= 0.6 is 0 Å². The van der Waals surface area contributed by atoms with Gasteiger partial charge in [-0.1, -0.05) is 37.1 Å². The zero-order valence-electron chi connectivity index (χ0n) is 11.6. The van der Waals surface area contributed by atoms with Crippen molar-refractivity contribution in [2.75, 3.05) is 0 Å². The molecule has 1 aromatic carbocycles. The Bertz CT molecular complexity index is 442. The van der Waals surface area contributed by atoms with Crippen molar-refractivity contribution < 1.29 is 15.0 Å². The number of aliphatic hydroxyl groups excluding tert-OH is 1. The van der Waals surface area contributed by atoms with Crippen LogP contribution in [0.2, 0.25) is 0 Å². The standard InChI is InChI=1S/C16H22O3/c1-16(2,15(18)19)13-9-7-12(8-10-13)14(17)11-5-3-4-6-11/h7-11,14,17H,3-6H2,1-2H3,(H,18,19). The molecule has 2 N–H and O–H groups in total. The molecule has 1 saturated carbocycles. The minimum absolute atomic E-state index is 0.360. The van der Waals surface area contributed by atoms with Gasteiger partial charge in [0.1, 0.15) is 0 Å². The van der Waals surface area contributed by atoms with E-state index in [0.29, 0.717) is 5.92 Å². The van der Waals surface area contributed by atoms with Crippen molar-refractivity contribution >= 4 is 5.97 Å². The van der Waals surface area contributed by atoms with E-state index in [1.165, 1.54) is 12.8 Å². The van der Waals surface area contributed by atoms with Crippen molar-refractivity contribution in [2.45, 2.75) is 51.0 Å². The lowest BCUT2D eigenvalue weighted by molar-refractivity contribution is -0.142. The minimum Gasteiger partial charge on any atom is -0.481 e. The van der Waals surface area contributed by atoms with Gasteiger partial charge in [0.25, 0.3) is 0 Å². The summed E-state index contributed by atoms with van der Waals surface area (Å²) in [7, 11) is 0. The summed E-state index contributed by atoms with van der Waals surface area (Å²) in [6.45, 7) is 3.38. The largest absolute Gasteiger partial charge is 0.481 e. The van der Waals surface area contributed by atoms with Crippen molar-refractivity contribution in [2.24, 2.45) is 5.92 Å². The first-order valence-electron chi connectivity index (χ1n) is 6.95. The Morgan fingerprint density at radius 3 is 2.21 bits per heavy atom. The van der Waals surface area contributed by atoms with Crippen molar-refractivity contribution in [1.29, 1.82) is 0 Å². The van der Waals surface area contributed by atoms with E-state index in [-0.39, 0.29) is 0 Å². The average molecular weight is 262 g/mol. The number of hydrogen-bond acceptors (Lipinski definition) is 2. The predicted molar refractivity (Wildman–Crippen MR) is 74.0 cm³/mol. The van der Waals surface area contributed by atoms with Gasteiger partial charge < -0.3 is 10.2 Å². The molecule has 0 aliphatic heterocycles. The van der Waals surface area contributed by atoms with Gasteiger partial charge in [-0.3, -0.25) is 4.79 Å². The number of benzene rings is 1. The molecule has 0 heterocycles. The van der Waals surface area contributed by atoms with Gasteiger partial charge in [0.15, 0.2) is 0 Å². The molecule has 0 radical (unpaired) electrons. The van der Waals surface area contributed by atoms with Crippen LogP contribution in [0.4, 0.5) is 0 Å². The fourth-order valence-corrected chi connectivity index (χ4v) is 2.77. The number of aliphatic hydroxyl groups is 1. The van der Waals surface area contributed by atoms with E-state index in [9.17, 15) is 15.0 Å². The van der Waals surface area contributed by atoms with E-state index in [1.807, 2.05) is 24.3 Å². The van der Waals surface area contributed by atoms with Crippen LogP contribution in [0.3, 0.4) is 0 Å². The molecule has 104 valence electrons. The SMILES string of the molecule is CC(C)(C(=O)O)c1ccc(C(O)C2CCCC2)cc1. The number of rotatable bonds is 4. The Morgan fingerprint density at radius 1 is 1.21 bits per heavy atom. The molecule has 3 nitrogen and oxygen atoms in total. The minimum atomic E-state index is -0.892. The zero-order valence-corrected chi connectivity index (χ0v) is 11.6. The van der Waals surface area contributed by atoms with E-state index < -0.39 is 17.5 Å². The third-order valence-corrected chi connectivity index (χ3v) is 4.35. The highest BCUT2D eigenvalue weighted by molar-refractivity contribution is 5.80. The van der Waals surface area contributed by atoms with Gasteiger partial charge in [-0.25, -0.2) is 0 Å². The first kappa shape index (κ1) is 14.1. The molecule has 0 amide bonds. The van der Waals surface area contributed by atoms with Crippen molar-refractivity contribution in [1.82, 2.24) is 0 Å². The Balaban J connectivity index is 2.16. The van der Waals surface area contributed by atoms with Gasteiger partial charge >= 0.3 is 5.97 Å². The molecule has 0 saturated heterocycles. The van der Waals surface area contributed by atoms with E-state index in [2.05, 4.69) is 0 Å². The number of carboxylic acid groups (broad SMARTS) is 1. The number of carbonyl (C=O) groups is 1. The van der Waals surface area contributed by atoms with E-state index in [1.54, 1.807) is 13.8 Å². The first-order chi connectivity index (χ1) is 8.93. The molecular formula is C16H22O3. The zero-order chi connectivity index (χ0) is 14.0. The second-order valence-electron chi connectivity index (χ2n) is 6.04. The molecule has 3 heteroatoms. The molecule has 0 spiro atoms. The number of aliphatic carboxylic acids is 1. The monoisotopic (exact) mass is 262 g/mol. The first-order valence-corrected chi connectivity index (χ1v) is 6.95. The summed E-state index contributed by atoms with van der Waals surface area (Å²) < 4.78 is 0. The van der Waals surface area contributed by atoms with Crippen LogP contribution in [-0.2, 0) is 10.2 Å². The Labute approximate surface area is 114 Å². The van der Waals surface area contributed by atoms with E-state index >= 15 is 0 Å². The van der Waals surface area contributed by atoms with Gasteiger partial charge in [-0.05, 0) is 43.7 Å². The second kappa shape index (κ2) is 5.33. The highest BCUT2D eigenvalue weighted by Gasteiger charge is 2.30. The lowest BCUT2D eigenvalue weighted by Gasteiger charge is -2.22. The van der Waals surface area contributed by atoms with E-state index in [0.717, 1.165) is 24.0 Å². The van der Waals surface area contributed by atoms with Crippen molar-refractivity contribution in [3.63, 3.8) is 0 Å².